The van der Waals surface area contributed by atoms with Crippen molar-refractivity contribution in [3.8, 4) is 11.9 Å². The maximum Gasteiger partial charge on any atom is 0.417 e. The van der Waals surface area contributed by atoms with Crippen LogP contribution in [0.5, 0.6) is 5.88 Å². The molecule has 2 heterocycles. The normalized spacial score (nSPS) is 17.4. The second-order valence-corrected chi connectivity index (χ2v) is 5.64. The van der Waals surface area contributed by atoms with Crippen LogP contribution in [-0.2, 0) is 6.18 Å². The largest absolute Gasteiger partial charge is 0.472 e. The van der Waals surface area contributed by atoms with Gasteiger partial charge in [-0.3, -0.25) is 0 Å². The summed E-state index contributed by atoms with van der Waals surface area (Å²) in [5.74, 6) is -0.396. The van der Waals surface area contributed by atoms with E-state index in [2.05, 4.69) is 4.98 Å². The Morgan fingerprint density at radius 3 is 2.64 bits per heavy atom. The van der Waals surface area contributed by atoms with Gasteiger partial charge in [-0.2, -0.15) is 18.4 Å². The molecule has 3 rings (SSSR count). The van der Waals surface area contributed by atoms with Crippen molar-refractivity contribution in [1.29, 1.82) is 5.26 Å². The summed E-state index contributed by atoms with van der Waals surface area (Å²) < 4.78 is 57.2. The van der Waals surface area contributed by atoms with Crippen LogP contribution in [0.15, 0.2) is 36.5 Å². The third-order valence-electron chi connectivity index (χ3n) is 3.91. The molecule has 0 amide bonds. The molecule has 1 atom stereocenters. The fraction of sp³-hybridized carbons (Fsp3) is 0.294. The molecule has 4 nitrogen and oxygen atoms in total. The lowest BCUT2D eigenvalue weighted by Gasteiger charge is -2.19. The Kier molecular flexibility index (Phi) is 4.49. The van der Waals surface area contributed by atoms with Crippen molar-refractivity contribution >= 4 is 5.69 Å². The van der Waals surface area contributed by atoms with Crippen LogP contribution in [0, 0.1) is 17.1 Å². The number of anilines is 1. The molecule has 1 aliphatic rings. The summed E-state index contributed by atoms with van der Waals surface area (Å²) in [6, 6.07) is 8.19. The Bertz CT molecular complexity index is 799. The smallest absolute Gasteiger partial charge is 0.417 e. The van der Waals surface area contributed by atoms with Gasteiger partial charge in [0.15, 0.2) is 0 Å². The minimum Gasteiger partial charge on any atom is -0.472 e. The van der Waals surface area contributed by atoms with Crippen molar-refractivity contribution in [3.05, 3.63) is 53.5 Å². The van der Waals surface area contributed by atoms with Crippen molar-refractivity contribution < 1.29 is 22.3 Å². The molecule has 1 saturated heterocycles. The summed E-state index contributed by atoms with van der Waals surface area (Å²) in [7, 11) is 0. The van der Waals surface area contributed by atoms with E-state index in [0.717, 1.165) is 12.3 Å². The topological polar surface area (TPSA) is 49.2 Å². The molecule has 0 bridgehead atoms. The van der Waals surface area contributed by atoms with Crippen molar-refractivity contribution in [2.45, 2.75) is 18.7 Å². The van der Waals surface area contributed by atoms with Crippen LogP contribution in [0.25, 0.3) is 0 Å². The van der Waals surface area contributed by atoms with E-state index in [1.54, 1.807) is 4.90 Å². The van der Waals surface area contributed by atoms with E-state index in [1.165, 1.54) is 24.3 Å². The van der Waals surface area contributed by atoms with Crippen LogP contribution in [0.4, 0.5) is 23.2 Å². The molecule has 8 heteroatoms. The first-order valence-electron chi connectivity index (χ1n) is 7.51. The maximum absolute atomic E-state index is 14.0. The summed E-state index contributed by atoms with van der Waals surface area (Å²) in [6.07, 6.45) is -3.44. The average molecular weight is 351 g/mol. The van der Waals surface area contributed by atoms with Crippen LogP contribution in [-0.4, -0.2) is 24.2 Å². The lowest BCUT2D eigenvalue weighted by Crippen LogP contribution is -2.25. The van der Waals surface area contributed by atoms with Gasteiger partial charge in [-0.15, -0.1) is 0 Å². The van der Waals surface area contributed by atoms with Gasteiger partial charge in [-0.25, -0.2) is 9.37 Å². The van der Waals surface area contributed by atoms with E-state index in [1.807, 2.05) is 6.07 Å². The Labute approximate surface area is 141 Å². The average Bonchev–Trinajstić information content (AvgIpc) is 3.02. The fourth-order valence-electron chi connectivity index (χ4n) is 2.66. The van der Waals surface area contributed by atoms with E-state index in [4.69, 9.17) is 10.00 Å². The molecule has 1 fully saturated rings. The van der Waals surface area contributed by atoms with E-state index in [-0.39, 0.29) is 17.5 Å². The predicted molar refractivity (Wildman–Crippen MR) is 81.6 cm³/mol. The number of alkyl halides is 3. The molecule has 25 heavy (non-hydrogen) atoms. The number of rotatable bonds is 3. The molecule has 1 aromatic heterocycles. The molecule has 1 aliphatic heterocycles. The molecule has 1 unspecified atom stereocenters. The van der Waals surface area contributed by atoms with Gasteiger partial charge in [0.2, 0.25) is 5.88 Å². The molecule has 0 N–H and O–H groups in total. The molecule has 0 aliphatic carbocycles. The Morgan fingerprint density at radius 1 is 1.24 bits per heavy atom. The first-order valence-corrected chi connectivity index (χ1v) is 7.51. The highest BCUT2D eigenvalue weighted by atomic mass is 19.4. The SMILES string of the molecule is N#Cc1ccc(N2CCC(Oc3ccc(C(F)(F)F)cn3)C2)c(F)c1. The standard InChI is InChI=1S/C17H13F4N3O/c18-14-7-11(8-22)1-3-15(14)24-6-5-13(10-24)25-16-4-2-12(9-23-16)17(19,20)21/h1-4,7,9,13H,5-6,10H2. The van der Waals surface area contributed by atoms with Gasteiger partial charge < -0.3 is 9.64 Å². The van der Waals surface area contributed by atoms with Gasteiger partial charge in [0, 0.05) is 25.2 Å². The summed E-state index contributed by atoms with van der Waals surface area (Å²) >= 11 is 0. The van der Waals surface area contributed by atoms with Crippen molar-refractivity contribution in [2.75, 3.05) is 18.0 Å². The minimum absolute atomic E-state index is 0.0974. The number of nitriles is 1. The summed E-state index contributed by atoms with van der Waals surface area (Å²) in [4.78, 5) is 5.44. The van der Waals surface area contributed by atoms with Crippen LogP contribution in [0.1, 0.15) is 17.5 Å². The van der Waals surface area contributed by atoms with Crippen LogP contribution in [0.3, 0.4) is 0 Å². The lowest BCUT2D eigenvalue weighted by atomic mass is 10.2. The second kappa shape index (κ2) is 6.59. The lowest BCUT2D eigenvalue weighted by molar-refractivity contribution is -0.137. The van der Waals surface area contributed by atoms with Crippen LogP contribution < -0.4 is 9.64 Å². The van der Waals surface area contributed by atoms with Gasteiger partial charge in [-0.1, -0.05) is 0 Å². The van der Waals surface area contributed by atoms with E-state index >= 15 is 0 Å². The third-order valence-corrected chi connectivity index (χ3v) is 3.91. The number of hydrogen-bond donors (Lipinski definition) is 0. The van der Waals surface area contributed by atoms with Crippen LogP contribution in [0.2, 0.25) is 0 Å². The summed E-state index contributed by atoms with van der Waals surface area (Å²) in [6.45, 7) is 0.916. The molecule has 0 spiro atoms. The third kappa shape index (κ3) is 3.82. The Hall–Kier alpha value is -2.82. The molecule has 130 valence electrons. The zero-order chi connectivity index (χ0) is 18.0. The zero-order valence-electron chi connectivity index (χ0n) is 12.9. The van der Waals surface area contributed by atoms with Crippen LogP contribution >= 0.6 is 0 Å². The highest BCUT2D eigenvalue weighted by molar-refractivity contribution is 5.52. The number of pyridine rings is 1. The molecular weight excluding hydrogens is 338 g/mol. The fourth-order valence-corrected chi connectivity index (χ4v) is 2.66. The van der Waals surface area contributed by atoms with Gasteiger partial charge in [-0.05, 0) is 24.3 Å². The van der Waals surface area contributed by atoms with E-state index < -0.39 is 17.6 Å². The first kappa shape index (κ1) is 17.0. The monoisotopic (exact) mass is 351 g/mol. The first-order chi connectivity index (χ1) is 11.9. The Morgan fingerprint density at radius 2 is 2.04 bits per heavy atom. The van der Waals surface area contributed by atoms with Crippen molar-refractivity contribution in [3.63, 3.8) is 0 Å². The Balaban J connectivity index is 1.64. The molecular formula is C17H13F4N3O. The number of benzene rings is 1. The predicted octanol–water partition coefficient (Wildman–Crippen LogP) is 3.77. The number of aromatic nitrogens is 1. The van der Waals surface area contributed by atoms with Crippen molar-refractivity contribution in [2.24, 2.45) is 0 Å². The maximum atomic E-state index is 14.0. The molecule has 0 radical (unpaired) electrons. The van der Waals surface area contributed by atoms with E-state index in [9.17, 15) is 17.6 Å². The van der Waals surface area contributed by atoms with Gasteiger partial charge in [0.25, 0.3) is 0 Å². The number of halogens is 4. The second-order valence-electron chi connectivity index (χ2n) is 5.64. The highest BCUT2D eigenvalue weighted by Crippen LogP contribution is 2.30. The summed E-state index contributed by atoms with van der Waals surface area (Å²) in [5, 5.41) is 8.77. The molecule has 0 saturated carbocycles. The van der Waals surface area contributed by atoms with Gasteiger partial charge in [0.1, 0.15) is 11.9 Å². The summed E-state index contributed by atoms with van der Waals surface area (Å²) in [5.41, 5.74) is -0.236. The number of ether oxygens (including phenoxy) is 1. The van der Waals surface area contributed by atoms with E-state index in [0.29, 0.717) is 25.2 Å². The molecule has 2 aromatic rings. The highest BCUT2D eigenvalue weighted by Gasteiger charge is 2.31. The quantitative estimate of drug-likeness (QED) is 0.790. The van der Waals surface area contributed by atoms with Gasteiger partial charge >= 0.3 is 6.18 Å². The molecule has 1 aromatic carbocycles. The zero-order valence-corrected chi connectivity index (χ0v) is 12.9. The minimum atomic E-state index is -4.44. The number of hydrogen-bond acceptors (Lipinski definition) is 4. The number of nitrogens with zero attached hydrogens (tertiary/aromatic N) is 3. The van der Waals surface area contributed by atoms with Gasteiger partial charge in [0.05, 0.1) is 29.4 Å². The van der Waals surface area contributed by atoms with Crippen molar-refractivity contribution in [1.82, 2.24) is 4.98 Å².